The van der Waals surface area contributed by atoms with E-state index in [1.54, 1.807) is 6.20 Å². The first kappa shape index (κ1) is 13.1. The minimum absolute atomic E-state index is 0.693. The highest BCUT2D eigenvalue weighted by Gasteiger charge is 2.19. The number of rotatable bonds is 2. The van der Waals surface area contributed by atoms with Gasteiger partial charge < -0.3 is 5.32 Å². The van der Waals surface area contributed by atoms with Crippen LogP contribution in [-0.2, 0) is 19.5 Å². The summed E-state index contributed by atoms with van der Waals surface area (Å²) in [5.41, 5.74) is 4.24. The Morgan fingerprint density at radius 2 is 2.11 bits per heavy atom. The van der Waals surface area contributed by atoms with Crippen LogP contribution in [0.15, 0.2) is 21.2 Å². The number of fused-ring (bicyclic) bond motifs is 1. The molecule has 2 aromatic heterocycles. The number of aryl methyl sites for hydroxylation is 1. The highest BCUT2D eigenvalue weighted by atomic mass is 79.9. The van der Waals surface area contributed by atoms with Gasteiger partial charge in [-0.05, 0) is 44.3 Å². The van der Waals surface area contributed by atoms with E-state index in [4.69, 9.17) is 0 Å². The summed E-state index contributed by atoms with van der Waals surface area (Å²) in [6, 6.07) is 1.96. The largest absolute Gasteiger partial charge is 0.307 e. The summed E-state index contributed by atoms with van der Waals surface area (Å²) in [5.74, 6) is 0.693. The number of nitrogens with zero attached hydrogens (tertiary/aromatic N) is 3. The second-order valence-electron chi connectivity index (χ2n) is 4.36. The first-order chi connectivity index (χ1) is 9.19. The molecule has 1 aliphatic rings. The lowest BCUT2D eigenvalue weighted by Crippen LogP contribution is -2.03. The zero-order chi connectivity index (χ0) is 13.4. The van der Waals surface area contributed by atoms with Crippen LogP contribution < -0.4 is 5.32 Å². The molecule has 0 fully saturated rings. The standard InChI is InChI=1S/C13H12Br2N4/c1-2-10-8-5-16-6-11(8)19-13(18-10)12-9(15)3-7(14)4-17-12/h3-4,16H,2,5-6H2,1H3. The summed E-state index contributed by atoms with van der Waals surface area (Å²) in [7, 11) is 0. The zero-order valence-corrected chi connectivity index (χ0v) is 13.5. The number of nitrogens with one attached hydrogen (secondary N) is 1. The zero-order valence-electron chi connectivity index (χ0n) is 10.4. The molecule has 98 valence electrons. The Morgan fingerprint density at radius 1 is 1.26 bits per heavy atom. The van der Waals surface area contributed by atoms with E-state index in [0.717, 1.165) is 45.5 Å². The van der Waals surface area contributed by atoms with Gasteiger partial charge in [-0.1, -0.05) is 6.92 Å². The van der Waals surface area contributed by atoms with Gasteiger partial charge in [-0.3, -0.25) is 4.98 Å². The van der Waals surface area contributed by atoms with Gasteiger partial charge in [0, 0.05) is 39.5 Å². The van der Waals surface area contributed by atoms with Gasteiger partial charge in [-0.15, -0.1) is 0 Å². The fraction of sp³-hybridized carbons (Fsp3) is 0.308. The van der Waals surface area contributed by atoms with Crippen molar-refractivity contribution in [2.75, 3.05) is 0 Å². The fourth-order valence-corrected chi connectivity index (χ4v) is 3.38. The maximum Gasteiger partial charge on any atom is 0.179 e. The Kier molecular flexibility index (Phi) is 3.64. The third kappa shape index (κ3) is 2.44. The highest BCUT2D eigenvalue weighted by molar-refractivity contribution is 9.11. The molecule has 1 N–H and O–H groups in total. The van der Waals surface area contributed by atoms with Crippen molar-refractivity contribution >= 4 is 31.9 Å². The minimum atomic E-state index is 0.693. The summed E-state index contributed by atoms with van der Waals surface area (Å²) >= 11 is 6.93. The second-order valence-corrected chi connectivity index (χ2v) is 6.13. The van der Waals surface area contributed by atoms with Crippen LogP contribution in [0.25, 0.3) is 11.5 Å². The SMILES string of the molecule is CCc1nc(-c2ncc(Br)cc2Br)nc2c1CNC2. The molecule has 0 amide bonds. The molecule has 3 rings (SSSR count). The van der Waals surface area contributed by atoms with Crippen LogP contribution in [0.3, 0.4) is 0 Å². The number of hydrogen-bond acceptors (Lipinski definition) is 4. The molecule has 4 nitrogen and oxygen atoms in total. The van der Waals surface area contributed by atoms with Gasteiger partial charge in [0.15, 0.2) is 5.82 Å². The summed E-state index contributed by atoms with van der Waals surface area (Å²) in [5, 5.41) is 3.32. The van der Waals surface area contributed by atoms with E-state index < -0.39 is 0 Å². The predicted molar refractivity (Wildman–Crippen MR) is 80.6 cm³/mol. The van der Waals surface area contributed by atoms with Crippen LogP contribution in [0.1, 0.15) is 23.9 Å². The van der Waals surface area contributed by atoms with Crippen LogP contribution >= 0.6 is 31.9 Å². The first-order valence-corrected chi connectivity index (χ1v) is 7.68. The van der Waals surface area contributed by atoms with E-state index in [1.807, 2.05) is 6.07 Å². The minimum Gasteiger partial charge on any atom is -0.307 e. The molecule has 0 saturated carbocycles. The lowest BCUT2D eigenvalue weighted by atomic mass is 10.1. The quantitative estimate of drug-likeness (QED) is 0.864. The average Bonchev–Trinajstić information content (AvgIpc) is 2.85. The van der Waals surface area contributed by atoms with Gasteiger partial charge >= 0.3 is 0 Å². The number of pyridine rings is 1. The van der Waals surface area contributed by atoms with Crippen molar-refractivity contribution in [2.24, 2.45) is 0 Å². The van der Waals surface area contributed by atoms with Gasteiger partial charge in [0.2, 0.25) is 0 Å². The van der Waals surface area contributed by atoms with Gasteiger partial charge in [-0.2, -0.15) is 0 Å². The Balaban J connectivity index is 2.15. The van der Waals surface area contributed by atoms with Crippen molar-refractivity contribution < 1.29 is 0 Å². The van der Waals surface area contributed by atoms with Gasteiger partial charge in [0.05, 0.1) is 5.69 Å². The van der Waals surface area contributed by atoms with Gasteiger partial charge in [0.25, 0.3) is 0 Å². The molecule has 0 atom stereocenters. The normalized spacial score (nSPS) is 13.6. The van der Waals surface area contributed by atoms with Crippen molar-refractivity contribution in [3.63, 3.8) is 0 Å². The van der Waals surface area contributed by atoms with Crippen molar-refractivity contribution in [2.45, 2.75) is 26.4 Å². The molecule has 2 aromatic rings. The second kappa shape index (κ2) is 5.26. The van der Waals surface area contributed by atoms with Crippen molar-refractivity contribution in [3.05, 3.63) is 38.2 Å². The van der Waals surface area contributed by atoms with Crippen LogP contribution in [0.2, 0.25) is 0 Å². The molecular weight excluding hydrogens is 372 g/mol. The summed E-state index contributed by atoms with van der Waals surface area (Å²) in [6.45, 7) is 3.80. The summed E-state index contributed by atoms with van der Waals surface area (Å²) < 4.78 is 1.83. The predicted octanol–water partition coefficient (Wildman–Crippen LogP) is 3.23. The van der Waals surface area contributed by atoms with E-state index in [9.17, 15) is 0 Å². The molecule has 0 saturated heterocycles. The molecule has 6 heteroatoms. The highest BCUT2D eigenvalue weighted by Crippen LogP contribution is 2.28. The molecule has 0 aromatic carbocycles. The van der Waals surface area contributed by atoms with Crippen molar-refractivity contribution in [1.82, 2.24) is 20.3 Å². The van der Waals surface area contributed by atoms with Crippen LogP contribution in [0.4, 0.5) is 0 Å². The average molecular weight is 384 g/mol. The number of aromatic nitrogens is 3. The van der Waals surface area contributed by atoms with Gasteiger partial charge in [-0.25, -0.2) is 9.97 Å². The summed E-state index contributed by atoms with van der Waals surface area (Å²) in [6.07, 6.45) is 2.67. The maximum absolute atomic E-state index is 4.66. The number of hydrogen-bond donors (Lipinski definition) is 1. The molecule has 0 unspecified atom stereocenters. The van der Waals surface area contributed by atoms with E-state index in [0.29, 0.717) is 5.82 Å². The number of halogens is 2. The molecule has 1 aliphatic heterocycles. The van der Waals surface area contributed by atoms with Crippen LogP contribution in [-0.4, -0.2) is 15.0 Å². The smallest absolute Gasteiger partial charge is 0.179 e. The van der Waals surface area contributed by atoms with E-state index >= 15 is 0 Å². The fourth-order valence-electron chi connectivity index (χ4n) is 2.22. The van der Waals surface area contributed by atoms with Crippen LogP contribution in [0.5, 0.6) is 0 Å². The molecular formula is C13H12Br2N4. The molecule has 19 heavy (non-hydrogen) atoms. The maximum atomic E-state index is 4.66. The molecule has 0 aliphatic carbocycles. The molecule has 3 heterocycles. The van der Waals surface area contributed by atoms with E-state index in [2.05, 4.69) is 59.1 Å². The van der Waals surface area contributed by atoms with E-state index in [1.165, 1.54) is 5.56 Å². The van der Waals surface area contributed by atoms with Gasteiger partial charge in [0.1, 0.15) is 5.69 Å². The summed E-state index contributed by atoms with van der Waals surface area (Å²) in [4.78, 5) is 13.7. The van der Waals surface area contributed by atoms with Crippen molar-refractivity contribution in [1.29, 1.82) is 0 Å². The molecule has 0 radical (unpaired) electrons. The first-order valence-electron chi connectivity index (χ1n) is 6.10. The molecule has 0 bridgehead atoms. The Bertz CT molecular complexity index is 643. The lowest BCUT2D eigenvalue weighted by Gasteiger charge is -2.08. The van der Waals surface area contributed by atoms with Crippen LogP contribution in [0, 0.1) is 0 Å². The monoisotopic (exact) mass is 382 g/mol. The van der Waals surface area contributed by atoms with E-state index in [-0.39, 0.29) is 0 Å². The van der Waals surface area contributed by atoms with Crippen molar-refractivity contribution in [3.8, 4) is 11.5 Å². The molecule has 0 spiro atoms. The lowest BCUT2D eigenvalue weighted by molar-refractivity contribution is 0.755. The Labute approximate surface area is 128 Å². The third-order valence-electron chi connectivity index (χ3n) is 3.13. The third-order valence-corrected chi connectivity index (χ3v) is 4.17. The topological polar surface area (TPSA) is 50.7 Å². The Morgan fingerprint density at radius 3 is 2.84 bits per heavy atom. The Hall–Kier alpha value is -0.850.